The number of aryl methyl sites for hydroxylation is 1. The van der Waals surface area contributed by atoms with Crippen LogP contribution in [0.2, 0.25) is 0 Å². The Hall–Kier alpha value is -2.43. The van der Waals surface area contributed by atoms with Gasteiger partial charge in [0, 0.05) is 11.1 Å². The molecule has 0 spiro atoms. The molecule has 0 heterocycles. The van der Waals surface area contributed by atoms with Gasteiger partial charge in [-0.25, -0.2) is 12.2 Å². The van der Waals surface area contributed by atoms with E-state index in [9.17, 15) is 0 Å². The van der Waals surface area contributed by atoms with E-state index in [1.54, 1.807) is 7.11 Å². The van der Waals surface area contributed by atoms with Crippen LogP contribution >= 0.6 is 0 Å². The SMILES string of the molecule is COc1c(C(C)(C)C)cc(C)cc1C(C)(C)C1=[C-]C=CC1.[CH2-]c1ccccc1N(C)C.[CH2-]c1ccccc1N(C)C.[Tb+3]. The number of rotatable bonds is 5. The molecule has 0 saturated carbocycles. The molecule has 3 aromatic rings. The van der Waals surface area contributed by atoms with Gasteiger partial charge >= 0.3 is 38.6 Å². The number of methoxy groups -OCH3 is 1. The van der Waals surface area contributed by atoms with E-state index in [0.717, 1.165) is 23.3 Å². The maximum Gasteiger partial charge on any atom is 3.00 e. The van der Waals surface area contributed by atoms with Crippen LogP contribution in [-0.4, -0.2) is 35.3 Å². The van der Waals surface area contributed by atoms with Gasteiger partial charge in [-0.15, -0.1) is 12.1 Å². The molecule has 0 radical (unpaired) electrons. The molecule has 0 aliphatic heterocycles. The summed E-state index contributed by atoms with van der Waals surface area (Å²) in [4.78, 5) is 4.12. The van der Waals surface area contributed by atoms with E-state index in [0.29, 0.717) is 0 Å². The number of allylic oxidation sites excluding steroid dienone is 4. The average Bonchev–Trinajstić information content (AvgIpc) is 3.45. The summed E-state index contributed by atoms with van der Waals surface area (Å²) in [6.07, 6.45) is 8.59. The summed E-state index contributed by atoms with van der Waals surface area (Å²) in [5.41, 5.74) is 9.67. The average molecular weight is 711 g/mol. The molecule has 4 heteroatoms. The number of hydrogen-bond acceptors (Lipinski definition) is 3. The number of benzene rings is 3. The summed E-state index contributed by atoms with van der Waals surface area (Å²) < 4.78 is 5.84. The third-order valence-electron chi connectivity index (χ3n) is 7.32. The summed E-state index contributed by atoms with van der Waals surface area (Å²) in [6.45, 7) is 21.2. The molecule has 0 N–H and O–H groups in total. The van der Waals surface area contributed by atoms with Crippen LogP contribution in [0, 0.1) is 65.5 Å². The third kappa shape index (κ3) is 10.1. The molecule has 3 nitrogen and oxygen atoms in total. The minimum absolute atomic E-state index is 0. The Labute approximate surface area is 288 Å². The number of nitrogens with zero attached hydrogens (tertiary/aromatic N) is 2. The first-order valence-electron chi connectivity index (χ1n) is 14.2. The van der Waals surface area contributed by atoms with E-state index >= 15 is 0 Å². The van der Waals surface area contributed by atoms with Gasteiger partial charge in [-0.3, -0.25) is 6.08 Å². The minimum atomic E-state index is -0.0686. The molecule has 0 amide bonds. The van der Waals surface area contributed by atoms with Gasteiger partial charge in [0.25, 0.3) is 0 Å². The van der Waals surface area contributed by atoms with E-state index in [1.165, 1.54) is 33.6 Å². The Balaban J connectivity index is 0.000000351. The minimum Gasteiger partial charge on any atom is -0.496 e. The van der Waals surface area contributed by atoms with Crippen molar-refractivity contribution >= 4 is 11.4 Å². The number of anilines is 2. The molecule has 0 aromatic heterocycles. The van der Waals surface area contributed by atoms with Crippen LogP contribution in [0.3, 0.4) is 0 Å². The van der Waals surface area contributed by atoms with Crippen molar-refractivity contribution in [2.75, 3.05) is 45.1 Å². The topological polar surface area (TPSA) is 15.7 Å². The first-order chi connectivity index (χ1) is 19.1. The predicted molar refractivity (Wildman–Crippen MR) is 180 cm³/mol. The third-order valence-corrected chi connectivity index (χ3v) is 7.32. The van der Waals surface area contributed by atoms with E-state index in [4.69, 9.17) is 4.74 Å². The normalized spacial score (nSPS) is 12.1. The molecule has 0 unspecified atom stereocenters. The molecular formula is C38H51N2OTb. The number of ether oxygens (including phenoxy) is 1. The molecule has 42 heavy (non-hydrogen) atoms. The largest absolute Gasteiger partial charge is 3.00 e. The van der Waals surface area contributed by atoms with Crippen LogP contribution in [0.5, 0.6) is 5.75 Å². The molecule has 228 valence electrons. The van der Waals surface area contributed by atoms with Gasteiger partial charge in [0.1, 0.15) is 5.75 Å². The van der Waals surface area contributed by atoms with Gasteiger partial charge in [0.05, 0.1) is 7.11 Å². The van der Waals surface area contributed by atoms with Crippen molar-refractivity contribution in [2.24, 2.45) is 0 Å². The fourth-order valence-corrected chi connectivity index (χ4v) is 4.90. The summed E-state index contributed by atoms with van der Waals surface area (Å²) in [5, 5.41) is 0. The van der Waals surface area contributed by atoms with Crippen molar-refractivity contribution < 1.29 is 43.3 Å². The second-order valence-electron chi connectivity index (χ2n) is 12.5. The fourth-order valence-electron chi connectivity index (χ4n) is 4.90. The number of para-hydroxylation sites is 2. The Morgan fingerprint density at radius 1 is 0.762 bits per heavy atom. The van der Waals surface area contributed by atoms with Gasteiger partial charge < -0.3 is 14.5 Å². The summed E-state index contributed by atoms with van der Waals surface area (Å²) >= 11 is 0. The molecule has 1 aliphatic carbocycles. The molecule has 0 bridgehead atoms. The molecule has 0 fully saturated rings. The first kappa shape index (κ1) is 37.6. The van der Waals surface area contributed by atoms with E-state index in [1.807, 2.05) is 70.7 Å². The molecular weight excluding hydrogens is 659 g/mol. The van der Waals surface area contributed by atoms with Crippen molar-refractivity contribution in [3.8, 4) is 5.75 Å². The van der Waals surface area contributed by atoms with Gasteiger partial charge in [0.2, 0.25) is 0 Å². The van der Waals surface area contributed by atoms with Crippen LogP contribution in [0.15, 0.2) is 78.4 Å². The van der Waals surface area contributed by atoms with Crippen LogP contribution in [-0.2, 0) is 10.8 Å². The molecule has 1 aliphatic rings. The first-order valence-corrected chi connectivity index (χ1v) is 14.2. The van der Waals surface area contributed by atoms with Crippen LogP contribution in [0.25, 0.3) is 0 Å². The maximum absolute atomic E-state index is 5.84. The van der Waals surface area contributed by atoms with Crippen molar-refractivity contribution in [3.63, 3.8) is 0 Å². The Morgan fingerprint density at radius 3 is 1.55 bits per heavy atom. The van der Waals surface area contributed by atoms with Gasteiger partial charge in [-0.2, -0.15) is 42.7 Å². The molecule has 3 aromatic carbocycles. The van der Waals surface area contributed by atoms with Crippen LogP contribution in [0.4, 0.5) is 11.4 Å². The van der Waals surface area contributed by atoms with Crippen LogP contribution in [0.1, 0.15) is 68.9 Å². The smallest absolute Gasteiger partial charge is 0.496 e. The Morgan fingerprint density at radius 2 is 1.21 bits per heavy atom. The van der Waals surface area contributed by atoms with Crippen molar-refractivity contribution in [2.45, 2.75) is 58.8 Å². The fraction of sp³-hybridized carbons (Fsp3) is 0.368. The summed E-state index contributed by atoms with van der Waals surface area (Å²) in [7, 11) is 9.85. The van der Waals surface area contributed by atoms with Gasteiger partial charge in [-0.05, 0) is 45.9 Å². The zero-order chi connectivity index (χ0) is 31.0. The Bertz CT molecular complexity index is 1290. The summed E-state index contributed by atoms with van der Waals surface area (Å²) in [5.74, 6) is 1.03. The van der Waals surface area contributed by atoms with Crippen molar-refractivity contribution in [1.82, 2.24) is 0 Å². The van der Waals surface area contributed by atoms with E-state index < -0.39 is 0 Å². The predicted octanol–water partition coefficient (Wildman–Crippen LogP) is 9.14. The zero-order valence-corrected chi connectivity index (χ0v) is 29.8. The number of hydrogen-bond donors (Lipinski definition) is 0. The second kappa shape index (κ2) is 16.4. The molecule has 0 atom stereocenters. The van der Waals surface area contributed by atoms with E-state index in [2.05, 4.69) is 102 Å². The maximum atomic E-state index is 5.84. The molecule has 0 saturated heterocycles. The summed E-state index contributed by atoms with van der Waals surface area (Å²) in [6, 6.07) is 20.7. The second-order valence-corrected chi connectivity index (χ2v) is 12.5. The molecule has 4 rings (SSSR count). The Kier molecular flexibility index (Phi) is 14.7. The van der Waals surface area contributed by atoms with Crippen LogP contribution < -0.4 is 14.5 Å². The van der Waals surface area contributed by atoms with E-state index in [-0.39, 0.29) is 49.4 Å². The monoisotopic (exact) mass is 710 g/mol. The van der Waals surface area contributed by atoms with Crippen molar-refractivity contribution in [3.05, 3.63) is 126 Å². The van der Waals surface area contributed by atoms with Crippen molar-refractivity contribution in [1.29, 1.82) is 0 Å². The van der Waals surface area contributed by atoms with Gasteiger partial charge in [-0.1, -0.05) is 94.4 Å². The standard InChI is InChI=1S/C20H27O.2C9H12N.Tb/c1-14-12-16(19(2,3)4)18(21-7)17(13-14)20(5,6)15-10-8-9-11-15;2*1-8-6-4-5-7-9(8)10(2)3;/h8-9,12-13H,10H2,1-7H3;2*4-7H,1H2,2-3H3;/q3*-1;+3. The quantitative estimate of drug-likeness (QED) is 0.246. The zero-order valence-electron chi connectivity index (χ0n) is 27.7. The van der Waals surface area contributed by atoms with Gasteiger partial charge in [0.15, 0.2) is 0 Å².